The van der Waals surface area contributed by atoms with Crippen LogP contribution >= 0.6 is 31.9 Å². The van der Waals surface area contributed by atoms with Crippen molar-refractivity contribution in [2.75, 3.05) is 0 Å². The van der Waals surface area contributed by atoms with Crippen molar-refractivity contribution >= 4 is 31.9 Å². The van der Waals surface area contributed by atoms with E-state index >= 15 is 0 Å². The fourth-order valence-corrected chi connectivity index (χ4v) is 3.38. The molecule has 2 rings (SSSR count). The molecule has 1 aromatic rings. The average molecular weight is 394 g/mol. The molecular weight excluding hydrogens is 388 g/mol. The predicted octanol–water partition coefficient (Wildman–Crippen LogP) is 3.04. The third kappa shape index (κ3) is 2.25. The van der Waals surface area contributed by atoms with Gasteiger partial charge in [-0.3, -0.25) is 0 Å². The lowest BCUT2D eigenvalue weighted by molar-refractivity contribution is 0.380. The Morgan fingerprint density at radius 1 is 1.20 bits per heavy atom. The van der Waals surface area contributed by atoms with Gasteiger partial charge in [0.25, 0.3) is 0 Å². The predicted molar refractivity (Wildman–Crippen MR) is 76.8 cm³/mol. The molecule has 0 fully saturated rings. The smallest absolute Gasteiger partial charge is 0.205 e. The molecule has 1 aliphatic rings. The Morgan fingerprint density at radius 3 is 2.40 bits per heavy atom. The second-order valence-corrected chi connectivity index (χ2v) is 5.78. The van der Waals surface area contributed by atoms with Gasteiger partial charge >= 0.3 is 0 Å². The zero-order valence-electron chi connectivity index (χ0n) is 9.89. The molecule has 0 saturated heterocycles. The first kappa shape index (κ1) is 14.4. The van der Waals surface area contributed by atoms with Crippen LogP contribution in [0.4, 0.5) is 0 Å². The molecule has 1 heterocycles. The number of fused-ring (bicyclic) bond motifs is 1. The maximum Gasteiger partial charge on any atom is 0.205 e. The van der Waals surface area contributed by atoms with E-state index in [1.165, 1.54) is 0 Å². The normalized spacial score (nSPS) is 16.7. The lowest BCUT2D eigenvalue weighted by Crippen LogP contribution is -2.24. The van der Waals surface area contributed by atoms with E-state index in [4.69, 9.17) is 21.0 Å². The number of nitrogens with two attached hydrogens (primary N) is 1. The fraction of sp³-hybridized carbons (Fsp3) is 0.154. The maximum absolute atomic E-state index is 9.23. The van der Waals surface area contributed by atoms with Gasteiger partial charge in [0.1, 0.15) is 17.7 Å². The summed E-state index contributed by atoms with van der Waals surface area (Å²) in [6.07, 6.45) is 0. The molecule has 0 bridgehead atoms. The molecule has 2 N–H and O–H groups in total. The highest BCUT2D eigenvalue weighted by Crippen LogP contribution is 2.46. The number of allylic oxidation sites excluding steroid dienone is 1. The quantitative estimate of drug-likeness (QED) is 0.788. The van der Waals surface area contributed by atoms with Gasteiger partial charge in [-0.2, -0.15) is 15.8 Å². The van der Waals surface area contributed by atoms with Gasteiger partial charge in [0.05, 0.1) is 28.1 Å². The average Bonchev–Trinajstić information content (AvgIpc) is 2.41. The lowest BCUT2D eigenvalue weighted by Gasteiger charge is -2.27. The first-order valence-electron chi connectivity index (χ1n) is 5.39. The summed E-state index contributed by atoms with van der Waals surface area (Å²) in [4.78, 5) is 0. The molecule has 0 saturated carbocycles. The van der Waals surface area contributed by atoms with E-state index < -0.39 is 11.8 Å². The molecule has 0 radical (unpaired) electrons. The number of nitriles is 3. The van der Waals surface area contributed by atoms with Gasteiger partial charge in [0, 0.05) is 10.0 Å². The number of nitrogens with zero attached hydrogens (tertiary/aromatic N) is 3. The van der Waals surface area contributed by atoms with Crippen LogP contribution in [0, 0.1) is 39.9 Å². The summed E-state index contributed by atoms with van der Waals surface area (Å²) in [5.41, 5.74) is 6.40. The first-order chi connectivity index (χ1) is 9.53. The summed E-state index contributed by atoms with van der Waals surface area (Å²) < 4.78 is 6.81. The van der Waals surface area contributed by atoms with Crippen LogP contribution in [-0.2, 0) is 0 Å². The van der Waals surface area contributed by atoms with Gasteiger partial charge in [-0.1, -0.05) is 15.9 Å². The molecule has 1 atom stereocenters. The zero-order chi connectivity index (χ0) is 14.9. The number of ether oxygens (including phenoxy) is 1. The Hall–Kier alpha value is -2.01. The van der Waals surface area contributed by atoms with E-state index in [-0.39, 0.29) is 11.5 Å². The van der Waals surface area contributed by atoms with Gasteiger partial charge in [-0.15, -0.1) is 0 Å². The monoisotopic (exact) mass is 392 g/mol. The van der Waals surface area contributed by atoms with Crippen molar-refractivity contribution in [1.29, 1.82) is 15.8 Å². The summed E-state index contributed by atoms with van der Waals surface area (Å²) >= 11 is 6.68. The van der Waals surface area contributed by atoms with Gasteiger partial charge < -0.3 is 10.5 Å². The van der Waals surface area contributed by atoms with Crippen molar-refractivity contribution in [3.63, 3.8) is 0 Å². The zero-order valence-corrected chi connectivity index (χ0v) is 13.1. The fourth-order valence-electron chi connectivity index (χ4n) is 2.04. The molecule has 0 spiro atoms. The number of benzene rings is 1. The van der Waals surface area contributed by atoms with Gasteiger partial charge in [0.2, 0.25) is 5.88 Å². The van der Waals surface area contributed by atoms with Crippen molar-refractivity contribution < 1.29 is 4.74 Å². The van der Waals surface area contributed by atoms with Crippen LogP contribution in [0.1, 0.15) is 11.5 Å². The van der Waals surface area contributed by atoms with Crippen LogP contribution in [0.2, 0.25) is 0 Å². The summed E-state index contributed by atoms with van der Waals surface area (Å²) in [6.45, 7) is 0. The van der Waals surface area contributed by atoms with E-state index in [0.717, 1.165) is 4.47 Å². The SMILES string of the molecule is N#CC1=C(N)Oc2c(Br)cc(Br)cc2C1C(C#N)C#N. The second-order valence-electron chi connectivity index (χ2n) is 4.01. The molecule has 0 aromatic heterocycles. The summed E-state index contributed by atoms with van der Waals surface area (Å²) in [6, 6.07) is 9.20. The topological polar surface area (TPSA) is 107 Å². The van der Waals surface area contributed by atoms with Crippen LogP contribution < -0.4 is 10.5 Å². The highest BCUT2D eigenvalue weighted by molar-refractivity contribution is 9.11. The Labute approximate surface area is 132 Å². The summed E-state index contributed by atoms with van der Waals surface area (Å²) in [7, 11) is 0. The molecule has 0 amide bonds. The highest BCUT2D eigenvalue weighted by atomic mass is 79.9. The standard InChI is InChI=1S/C13H6Br2N4O/c14-7-1-8-11(6(3-16)4-17)9(5-18)13(19)20-12(8)10(15)2-7/h1-2,6,11H,19H2. The van der Waals surface area contributed by atoms with Crippen molar-refractivity contribution in [2.24, 2.45) is 11.7 Å². The Balaban J connectivity index is 2.75. The van der Waals surface area contributed by atoms with Crippen LogP contribution in [0.3, 0.4) is 0 Å². The summed E-state index contributed by atoms with van der Waals surface area (Å²) in [5, 5.41) is 27.5. The maximum atomic E-state index is 9.23. The van der Waals surface area contributed by atoms with Crippen LogP contribution in [0.5, 0.6) is 5.75 Å². The molecule has 1 aromatic carbocycles. The Morgan fingerprint density at radius 2 is 1.85 bits per heavy atom. The van der Waals surface area contributed by atoms with Gasteiger partial charge in [-0.05, 0) is 28.1 Å². The second kappa shape index (κ2) is 5.54. The van der Waals surface area contributed by atoms with E-state index in [1.807, 2.05) is 18.2 Å². The molecule has 7 heteroatoms. The molecule has 98 valence electrons. The molecule has 1 unspecified atom stereocenters. The van der Waals surface area contributed by atoms with E-state index in [0.29, 0.717) is 15.8 Å². The highest BCUT2D eigenvalue weighted by Gasteiger charge is 2.36. The van der Waals surface area contributed by atoms with Crippen molar-refractivity contribution in [2.45, 2.75) is 5.92 Å². The number of halogens is 2. The van der Waals surface area contributed by atoms with Crippen molar-refractivity contribution in [1.82, 2.24) is 0 Å². The number of hydrogen-bond acceptors (Lipinski definition) is 5. The Kier molecular flexibility index (Phi) is 3.99. The summed E-state index contributed by atoms with van der Waals surface area (Å²) in [5.74, 6) is -1.41. The Bertz CT molecular complexity index is 722. The van der Waals surface area contributed by atoms with Crippen LogP contribution in [-0.4, -0.2) is 0 Å². The van der Waals surface area contributed by atoms with Gasteiger partial charge in [-0.25, -0.2) is 0 Å². The van der Waals surface area contributed by atoms with E-state index in [1.54, 1.807) is 12.1 Å². The largest absolute Gasteiger partial charge is 0.439 e. The first-order valence-corrected chi connectivity index (χ1v) is 6.97. The van der Waals surface area contributed by atoms with Crippen molar-refractivity contribution in [3.05, 3.63) is 38.1 Å². The minimum absolute atomic E-state index is 0.0801. The molecule has 1 aliphatic heterocycles. The minimum atomic E-state index is -1.02. The van der Waals surface area contributed by atoms with Crippen LogP contribution in [0.25, 0.3) is 0 Å². The third-order valence-electron chi connectivity index (χ3n) is 2.89. The molecule has 5 nitrogen and oxygen atoms in total. The molecule has 20 heavy (non-hydrogen) atoms. The molecular formula is C13H6Br2N4O. The van der Waals surface area contributed by atoms with E-state index in [2.05, 4.69) is 31.9 Å². The third-order valence-corrected chi connectivity index (χ3v) is 3.94. The number of hydrogen-bond donors (Lipinski definition) is 1. The minimum Gasteiger partial charge on any atom is -0.439 e. The van der Waals surface area contributed by atoms with Crippen LogP contribution in [0.15, 0.2) is 32.5 Å². The van der Waals surface area contributed by atoms with E-state index in [9.17, 15) is 5.26 Å². The van der Waals surface area contributed by atoms with Crippen molar-refractivity contribution in [3.8, 4) is 24.0 Å². The van der Waals surface area contributed by atoms with Gasteiger partial charge in [0.15, 0.2) is 0 Å². The molecule has 0 aliphatic carbocycles. The lowest BCUT2D eigenvalue weighted by atomic mass is 9.80. The number of rotatable bonds is 1.